The zero-order valence-corrected chi connectivity index (χ0v) is 11.4. The van der Waals surface area contributed by atoms with E-state index in [2.05, 4.69) is 17.2 Å². The zero-order valence-electron chi connectivity index (χ0n) is 11.4. The number of aromatic nitrogens is 1. The lowest BCUT2D eigenvalue weighted by atomic mass is 9.97. The van der Waals surface area contributed by atoms with Gasteiger partial charge in [0, 0.05) is 18.0 Å². The summed E-state index contributed by atoms with van der Waals surface area (Å²) in [6.07, 6.45) is 4.49. The molecule has 3 heteroatoms. The van der Waals surface area contributed by atoms with Crippen LogP contribution in [0.2, 0.25) is 0 Å². The Hall–Kier alpha value is -1.74. The van der Waals surface area contributed by atoms with E-state index in [1.807, 2.05) is 25.1 Å². The summed E-state index contributed by atoms with van der Waals surface area (Å²) in [6, 6.07) is 8.96. The predicted octanol–water partition coefficient (Wildman–Crippen LogP) is 3.62. The van der Waals surface area contributed by atoms with Crippen molar-refractivity contribution in [2.45, 2.75) is 26.3 Å². The summed E-state index contributed by atoms with van der Waals surface area (Å²) in [5.74, 6) is -0.170. The van der Waals surface area contributed by atoms with Gasteiger partial charge in [-0.3, -0.25) is 4.98 Å². The highest BCUT2D eigenvalue weighted by atomic mass is 19.1. The van der Waals surface area contributed by atoms with Crippen molar-refractivity contribution in [3.63, 3.8) is 0 Å². The van der Waals surface area contributed by atoms with Crippen LogP contribution in [0, 0.1) is 12.7 Å². The molecule has 0 bridgehead atoms. The Morgan fingerprint density at radius 1 is 1.21 bits per heavy atom. The van der Waals surface area contributed by atoms with Crippen LogP contribution in [-0.2, 0) is 0 Å². The van der Waals surface area contributed by atoms with E-state index in [9.17, 15) is 4.39 Å². The predicted molar refractivity (Wildman–Crippen MR) is 75.5 cm³/mol. The van der Waals surface area contributed by atoms with E-state index in [1.54, 1.807) is 18.5 Å². The third-order valence-corrected chi connectivity index (χ3v) is 3.10. The second-order valence-corrected chi connectivity index (χ2v) is 4.69. The Kier molecular flexibility index (Phi) is 4.63. The summed E-state index contributed by atoms with van der Waals surface area (Å²) in [5, 5.41) is 3.40. The average Bonchev–Trinajstić information content (AvgIpc) is 2.44. The largest absolute Gasteiger partial charge is 0.306 e. The smallest absolute Gasteiger partial charge is 0.128 e. The highest BCUT2D eigenvalue weighted by molar-refractivity contribution is 5.34. The normalized spacial score (nSPS) is 12.4. The van der Waals surface area contributed by atoms with Crippen LogP contribution in [0.15, 0.2) is 42.7 Å². The zero-order chi connectivity index (χ0) is 13.7. The van der Waals surface area contributed by atoms with Gasteiger partial charge < -0.3 is 5.32 Å². The van der Waals surface area contributed by atoms with Crippen LogP contribution in [-0.4, -0.2) is 11.5 Å². The summed E-state index contributed by atoms with van der Waals surface area (Å²) in [6.45, 7) is 4.93. The topological polar surface area (TPSA) is 24.9 Å². The van der Waals surface area contributed by atoms with E-state index in [0.717, 1.165) is 24.1 Å². The molecule has 0 fully saturated rings. The van der Waals surface area contributed by atoms with E-state index in [0.29, 0.717) is 5.56 Å². The molecule has 0 radical (unpaired) electrons. The molecule has 2 rings (SSSR count). The maximum atomic E-state index is 14.1. The number of halogens is 1. The first-order chi connectivity index (χ1) is 9.22. The SMILES string of the molecule is CCCNC(c1ccncc1)c1cc(C)ccc1F. The monoisotopic (exact) mass is 258 g/mol. The number of rotatable bonds is 5. The lowest BCUT2D eigenvalue weighted by Gasteiger charge is -2.20. The summed E-state index contributed by atoms with van der Waals surface area (Å²) in [5.41, 5.74) is 2.79. The minimum Gasteiger partial charge on any atom is -0.306 e. The van der Waals surface area contributed by atoms with Crippen molar-refractivity contribution >= 4 is 0 Å². The first-order valence-electron chi connectivity index (χ1n) is 6.61. The molecule has 0 amide bonds. The summed E-state index contributed by atoms with van der Waals surface area (Å²) < 4.78 is 14.1. The van der Waals surface area contributed by atoms with Gasteiger partial charge in [0.2, 0.25) is 0 Å². The Morgan fingerprint density at radius 2 is 1.95 bits per heavy atom. The minimum atomic E-state index is -0.170. The number of nitrogens with zero attached hydrogens (tertiary/aromatic N) is 1. The first-order valence-corrected chi connectivity index (χ1v) is 6.61. The molecule has 100 valence electrons. The molecule has 2 aromatic rings. The Labute approximate surface area is 113 Å². The molecule has 1 aromatic carbocycles. The molecule has 0 aliphatic carbocycles. The molecule has 2 nitrogen and oxygen atoms in total. The van der Waals surface area contributed by atoms with Gasteiger partial charge in [0.05, 0.1) is 6.04 Å². The van der Waals surface area contributed by atoms with Crippen molar-refractivity contribution in [2.75, 3.05) is 6.54 Å². The molecule has 1 N–H and O–H groups in total. The minimum absolute atomic E-state index is 0.122. The van der Waals surface area contributed by atoms with Gasteiger partial charge in [0.1, 0.15) is 5.82 Å². The number of aryl methyl sites for hydroxylation is 1. The van der Waals surface area contributed by atoms with Gasteiger partial charge in [-0.05, 0) is 43.7 Å². The maximum absolute atomic E-state index is 14.1. The third kappa shape index (κ3) is 3.38. The summed E-state index contributed by atoms with van der Waals surface area (Å²) in [7, 11) is 0. The highest BCUT2D eigenvalue weighted by Gasteiger charge is 2.17. The van der Waals surface area contributed by atoms with Gasteiger partial charge in [-0.1, -0.05) is 24.6 Å². The Bertz CT molecular complexity index is 526. The molecular weight excluding hydrogens is 239 g/mol. The van der Waals surface area contributed by atoms with Crippen LogP contribution in [0.5, 0.6) is 0 Å². The fraction of sp³-hybridized carbons (Fsp3) is 0.312. The first kappa shape index (κ1) is 13.7. The molecule has 1 heterocycles. The van der Waals surface area contributed by atoms with Crippen LogP contribution in [0.1, 0.15) is 36.1 Å². The van der Waals surface area contributed by atoms with Crippen LogP contribution in [0.3, 0.4) is 0 Å². The van der Waals surface area contributed by atoms with Crippen LogP contribution in [0.25, 0.3) is 0 Å². The van der Waals surface area contributed by atoms with Crippen molar-refractivity contribution in [3.05, 3.63) is 65.2 Å². The van der Waals surface area contributed by atoms with Crippen molar-refractivity contribution in [1.82, 2.24) is 10.3 Å². The van der Waals surface area contributed by atoms with Gasteiger partial charge in [0.15, 0.2) is 0 Å². The summed E-state index contributed by atoms with van der Waals surface area (Å²) >= 11 is 0. The molecule has 0 saturated heterocycles. The quantitative estimate of drug-likeness (QED) is 0.886. The third-order valence-electron chi connectivity index (χ3n) is 3.10. The van der Waals surface area contributed by atoms with Gasteiger partial charge in [-0.2, -0.15) is 0 Å². The second kappa shape index (κ2) is 6.43. The number of hydrogen-bond acceptors (Lipinski definition) is 2. The maximum Gasteiger partial charge on any atom is 0.128 e. The van der Waals surface area contributed by atoms with E-state index >= 15 is 0 Å². The Morgan fingerprint density at radius 3 is 2.63 bits per heavy atom. The van der Waals surface area contributed by atoms with E-state index in [4.69, 9.17) is 0 Å². The fourth-order valence-corrected chi connectivity index (χ4v) is 2.14. The molecule has 19 heavy (non-hydrogen) atoms. The van der Waals surface area contributed by atoms with Crippen molar-refractivity contribution in [3.8, 4) is 0 Å². The molecule has 0 aliphatic rings. The molecule has 0 spiro atoms. The highest BCUT2D eigenvalue weighted by Crippen LogP contribution is 2.25. The molecule has 1 aromatic heterocycles. The molecule has 0 saturated carbocycles. The van der Waals surface area contributed by atoms with Crippen LogP contribution >= 0.6 is 0 Å². The van der Waals surface area contributed by atoms with Crippen LogP contribution < -0.4 is 5.32 Å². The lowest BCUT2D eigenvalue weighted by Crippen LogP contribution is -2.24. The van der Waals surface area contributed by atoms with Gasteiger partial charge >= 0.3 is 0 Å². The van der Waals surface area contributed by atoms with Gasteiger partial charge in [0.25, 0.3) is 0 Å². The van der Waals surface area contributed by atoms with Crippen molar-refractivity contribution in [1.29, 1.82) is 0 Å². The van der Waals surface area contributed by atoms with Crippen molar-refractivity contribution < 1.29 is 4.39 Å². The van der Waals surface area contributed by atoms with Gasteiger partial charge in [-0.25, -0.2) is 4.39 Å². The number of benzene rings is 1. The van der Waals surface area contributed by atoms with E-state index in [1.165, 1.54) is 6.07 Å². The van der Waals surface area contributed by atoms with E-state index < -0.39 is 0 Å². The van der Waals surface area contributed by atoms with Crippen LogP contribution in [0.4, 0.5) is 4.39 Å². The van der Waals surface area contributed by atoms with E-state index in [-0.39, 0.29) is 11.9 Å². The molecular formula is C16H19FN2. The Balaban J connectivity index is 2.40. The van der Waals surface area contributed by atoms with Gasteiger partial charge in [-0.15, -0.1) is 0 Å². The lowest BCUT2D eigenvalue weighted by molar-refractivity contribution is 0.546. The fourth-order valence-electron chi connectivity index (χ4n) is 2.14. The van der Waals surface area contributed by atoms with Crippen molar-refractivity contribution in [2.24, 2.45) is 0 Å². The molecule has 1 atom stereocenters. The standard InChI is InChI=1S/C16H19FN2/c1-3-8-19-16(13-6-9-18-10-7-13)14-11-12(2)4-5-15(14)17/h4-7,9-11,16,19H,3,8H2,1-2H3. The number of hydrogen-bond donors (Lipinski definition) is 1. The molecule has 1 unspecified atom stereocenters. The summed E-state index contributed by atoms with van der Waals surface area (Å²) in [4.78, 5) is 4.02. The average molecular weight is 258 g/mol. The second-order valence-electron chi connectivity index (χ2n) is 4.69. The molecule has 0 aliphatic heterocycles. The number of pyridine rings is 1. The number of nitrogens with one attached hydrogen (secondary N) is 1.